The summed E-state index contributed by atoms with van der Waals surface area (Å²) in [5, 5.41) is 3.66. The molecule has 0 aliphatic heterocycles. The molecule has 112 valence electrons. The first kappa shape index (κ1) is 15.6. The lowest BCUT2D eigenvalue weighted by Gasteiger charge is -2.21. The second-order valence-corrected chi connectivity index (χ2v) is 5.79. The molecule has 0 heterocycles. The second kappa shape index (κ2) is 7.28. The summed E-state index contributed by atoms with van der Waals surface area (Å²) in [5.41, 5.74) is 5.19. The maximum atomic E-state index is 3.66. The van der Waals surface area contributed by atoms with Crippen LogP contribution in [0.5, 0.6) is 0 Å². The van der Waals surface area contributed by atoms with E-state index in [0.29, 0.717) is 0 Å². The zero-order chi connectivity index (χ0) is 15.2. The van der Waals surface area contributed by atoms with E-state index >= 15 is 0 Å². The quantitative estimate of drug-likeness (QED) is 0.856. The predicted molar refractivity (Wildman–Crippen MR) is 92.1 cm³/mol. The van der Waals surface area contributed by atoms with Gasteiger partial charge in [0.25, 0.3) is 0 Å². The van der Waals surface area contributed by atoms with Crippen LogP contribution in [0.15, 0.2) is 48.5 Å². The average Bonchev–Trinajstić information content (AvgIpc) is 2.48. The van der Waals surface area contributed by atoms with Crippen molar-refractivity contribution >= 4 is 5.69 Å². The zero-order valence-corrected chi connectivity index (χ0v) is 13.6. The second-order valence-electron chi connectivity index (χ2n) is 5.79. The fourth-order valence-corrected chi connectivity index (χ4v) is 2.53. The summed E-state index contributed by atoms with van der Waals surface area (Å²) in [7, 11) is 4.14. The first-order valence-electron chi connectivity index (χ1n) is 7.69. The van der Waals surface area contributed by atoms with Gasteiger partial charge >= 0.3 is 0 Å². The van der Waals surface area contributed by atoms with E-state index in [1.54, 1.807) is 0 Å². The summed E-state index contributed by atoms with van der Waals surface area (Å²) < 4.78 is 0. The molecule has 1 atom stereocenters. The van der Waals surface area contributed by atoms with Gasteiger partial charge in [-0.2, -0.15) is 0 Å². The molecule has 2 aromatic rings. The van der Waals surface area contributed by atoms with Crippen molar-refractivity contribution in [2.45, 2.75) is 26.3 Å². The highest BCUT2D eigenvalue weighted by molar-refractivity contribution is 5.47. The molecule has 0 bridgehead atoms. The van der Waals surface area contributed by atoms with Crippen LogP contribution in [0.4, 0.5) is 5.69 Å². The largest absolute Gasteiger partial charge is 0.378 e. The van der Waals surface area contributed by atoms with Crippen LogP contribution in [0, 0.1) is 6.92 Å². The summed E-state index contributed by atoms with van der Waals surface area (Å²) in [5.74, 6) is 0. The van der Waals surface area contributed by atoms with Gasteiger partial charge in [0.05, 0.1) is 6.04 Å². The molecule has 2 aromatic carbocycles. The molecule has 0 aliphatic rings. The number of benzene rings is 2. The van der Waals surface area contributed by atoms with E-state index in [1.165, 1.54) is 22.4 Å². The smallest absolute Gasteiger partial charge is 0.0576 e. The van der Waals surface area contributed by atoms with E-state index in [1.807, 2.05) is 0 Å². The fraction of sp³-hybridized carbons (Fsp3) is 0.368. The van der Waals surface area contributed by atoms with Crippen molar-refractivity contribution in [3.63, 3.8) is 0 Å². The molecule has 0 radical (unpaired) electrons. The summed E-state index contributed by atoms with van der Waals surface area (Å²) in [6, 6.07) is 17.9. The number of hydrogen-bond donors (Lipinski definition) is 1. The molecule has 0 aromatic heterocycles. The molecule has 0 saturated heterocycles. The van der Waals surface area contributed by atoms with E-state index < -0.39 is 0 Å². The number of aryl methyl sites for hydroxylation is 1. The third kappa shape index (κ3) is 4.08. The average molecular weight is 282 g/mol. The lowest BCUT2D eigenvalue weighted by atomic mass is 9.97. The van der Waals surface area contributed by atoms with Crippen LogP contribution >= 0.6 is 0 Å². The van der Waals surface area contributed by atoms with Gasteiger partial charge in [-0.05, 0) is 43.1 Å². The van der Waals surface area contributed by atoms with Gasteiger partial charge in [0.1, 0.15) is 0 Å². The highest BCUT2D eigenvalue weighted by Gasteiger charge is 2.13. The Morgan fingerprint density at radius 1 is 1.00 bits per heavy atom. The Bertz CT molecular complexity index is 558. The number of anilines is 1. The number of nitrogens with zero attached hydrogens (tertiary/aromatic N) is 1. The van der Waals surface area contributed by atoms with Gasteiger partial charge in [-0.3, -0.25) is 0 Å². The summed E-state index contributed by atoms with van der Waals surface area (Å²) in [6.45, 7) is 5.37. The number of nitrogens with one attached hydrogen (secondary N) is 1. The van der Waals surface area contributed by atoms with Crippen LogP contribution in [-0.4, -0.2) is 20.6 Å². The molecule has 0 fully saturated rings. The minimum absolute atomic E-state index is 0.265. The first-order valence-corrected chi connectivity index (χ1v) is 7.69. The molecule has 1 unspecified atom stereocenters. The third-order valence-electron chi connectivity index (χ3n) is 3.72. The summed E-state index contributed by atoms with van der Waals surface area (Å²) in [4.78, 5) is 2.13. The molecule has 2 nitrogen and oxygen atoms in total. The Morgan fingerprint density at radius 3 is 2.29 bits per heavy atom. The van der Waals surface area contributed by atoms with Gasteiger partial charge in [0.2, 0.25) is 0 Å². The van der Waals surface area contributed by atoms with Crippen LogP contribution in [0.1, 0.15) is 36.1 Å². The van der Waals surface area contributed by atoms with Gasteiger partial charge in [-0.25, -0.2) is 0 Å². The van der Waals surface area contributed by atoms with Gasteiger partial charge in [-0.1, -0.05) is 48.9 Å². The Balaban J connectivity index is 2.31. The van der Waals surface area contributed by atoms with E-state index in [-0.39, 0.29) is 6.04 Å². The third-order valence-corrected chi connectivity index (χ3v) is 3.72. The Morgan fingerprint density at radius 2 is 1.71 bits per heavy atom. The SMILES string of the molecule is CCCNC(c1ccc(N(C)C)cc1)c1cccc(C)c1. The van der Waals surface area contributed by atoms with Crippen molar-refractivity contribution in [3.05, 3.63) is 65.2 Å². The zero-order valence-electron chi connectivity index (χ0n) is 13.6. The summed E-state index contributed by atoms with van der Waals surface area (Å²) in [6.07, 6.45) is 1.14. The van der Waals surface area contributed by atoms with E-state index in [4.69, 9.17) is 0 Å². The standard InChI is InChI=1S/C19H26N2/c1-5-13-20-19(17-8-6-7-15(2)14-17)16-9-11-18(12-10-16)21(3)4/h6-12,14,19-20H,5,13H2,1-4H3. The molecule has 0 spiro atoms. The lowest BCUT2D eigenvalue weighted by Crippen LogP contribution is -2.23. The molecular weight excluding hydrogens is 256 g/mol. The van der Waals surface area contributed by atoms with Gasteiger partial charge in [0.15, 0.2) is 0 Å². The Kier molecular flexibility index (Phi) is 5.40. The highest BCUT2D eigenvalue weighted by Crippen LogP contribution is 2.24. The minimum atomic E-state index is 0.265. The van der Waals surface area contributed by atoms with Gasteiger partial charge in [-0.15, -0.1) is 0 Å². The Hall–Kier alpha value is -1.80. The summed E-state index contributed by atoms with van der Waals surface area (Å²) >= 11 is 0. The van der Waals surface area contributed by atoms with Crippen LogP contribution in [0.25, 0.3) is 0 Å². The van der Waals surface area contributed by atoms with E-state index in [9.17, 15) is 0 Å². The van der Waals surface area contributed by atoms with Gasteiger partial charge in [0, 0.05) is 19.8 Å². The molecule has 0 saturated carbocycles. The number of rotatable bonds is 6. The molecule has 21 heavy (non-hydrogen) atoms. The maximum absolute atomic E-state index is 3.66. The first-order chi connectivity index (χ1) is 10.1. The predicted octanol–water partition coefficient (Wildman–Crippen LogP) is 4.15. The van der Waals surface area contributed by atoms with Gasteiger partial charge < -0.3 is 10.2 Å². The van der Waals surface area contributed by atoms with Crippen LogP contribution in [-0.2, 0) is 0 Å². The van der Waals surface area contributed by atoms with E-state index in [2.05, 4.69) is 86.7 Å². The normalized spacial score (nSPS) is 12.2. The molecule has 0 amide bonds. The van der Waals surface area contributed by atoms with Crippen LogP contribution in [0.2, 0.25) is 0 Å². The molecule has 0 aliphatic carbocycles. The molecule has 2 rings (SSSR count). The van der Waals surface area contributed by atoms with Crippen molar-refractivity contribution in [2.75, 3.05) is 25.5 Å². The topological polar surface area (TPSA) is 15.3 Å². The number of hydrogen-bond acceptors (Lipinski definition) is 2. The van der Waals surface area contributed by atoms with Crippen LogP contribution in [0.3, 0.4) is 0 Å². The van der Waals surface area contributed by atoms with E-state index in [0.717, 1.165) is 13.0 Å². The Labute approximate surface area is 128 Å². The van der Waals surface area contributed by atoms with Crippen molar-refractivity contribution in [1.29, 1.82) is 0 Å². The van der Waals surface area contributed by atoms with Crippen molar-refractivity contribution < 1.29 is 0 Å². The van der Waals surface area contributed by atoms with Crippen molar-refractivity contribution in [1.82, 2.24) is 5.32 Å². The van der Waals surface area contributed by atoms with Crippen molar-refractivity contribution in [3.8, 4) is 0 Å². The fourth-order valence-electron chi connectivity index (χ4n) is 2.53. The molecule has 2 heteroatoms. The van der Waals surface area contributed by atoms with Crippen molar-refractivity contribution in [2.24, 2.45) is 0 Å². The maximum Gasteiger partial charge on any atom is 0.0576 e. The minimum Gasteiger partial charge on any atom is -0.378 e. The van der Waals surface area contributed by atoms with Crippen LogP contribution < -0.4 is 10.2 Å². The molecular formula is C19H26N2. The molecule has 1 N–H and O–H groups in total. The lowest BCUT2D eigenvalue weighted by molar-refractivity contribution is 0.598. The highest BCUT2D eigenvalue weighted by atomic mass is 15.1. The monoisotopic (exact) mass is 282 g/mol.